The summed E-state index contributed by atoms with van der Waals surface area (Å²) in [4.78, 5) is 11.6. The van der Waals surface area contributed by atoms with Gasteiger partial charge in [-0.3, -0.25) is 4.79 Å². The second-order valence-corrected chi connectivity index (χ2v) is 4.41. The highest BCUT2D eigenvalue weighted by Crippen LogP contribution is 2.10. The predicted molar refractivity (Wildman–Crippen MR) is 59.4 cm³/mol. The Hall–Kier alpha value is -1.69. The van der Waals surface area contributed by atoms with Gasteiger partial charge in [0.15, 0.2) is 0 Å². The topological polar surface area (TPSA) is 68.0 Å². The first-order valence-corrected chi connectivity index (χ1v) is 5.75. The molecule has 16 heavy (non-hydrogen) atoms. The highest BCUT2D eigenvalue weighted by atomic mass is 32.1. The maximum absolute atomic E-state index is 10.4. The number of aryl methyl sites for hydroxylation is 1. The molecular formula is C10H11N3O2S. The van der Waals surface area contributed by atoms with Crippen molar-refractivity contribution in [3.63, 3.8) is 0 Å². The maximum Gasteiger partial charge on any atom is 0.303 e. The molecular weight excluding hydrogens is 226 g/mol. The fraction of sp³-hybridized carbons (Fsp3) is 0.300. The van der Waals surface area contributed by atoms with Crippen molar-refractivity contribution in [2.24, 2.45) is 0 Å². The van der Waals surface area contributed by atoms with Crippen molar-refractivity contribution in [3.8, 4) is 0 Å². The summed E-state index contributed by atoms with van der Waals surface area (Å²) in [6.45, 7) is 0.692. The summed E-state index contributed by atoms with van der Waals surface area (Å²) in [7, 11) is 0. The number of carboxylic acid groups (broad SMARTS) is 1. The van der Waals surface area contributed by atoms with Crippen molar-refractivity contribution < 1.29 is 9.90 Å². The largest absolute Gasteiger partial charge is 0.481 e. The molecule has 0 aliphatic heterocycles. The Kier molecular flexibility index (Phi) is 3.31. The highest BCUT2D eigenvalue weighted by Gasteiger charge is 2.04. The summed E-state index contributed by atoms with van der Waals surface area (Å²) in [5, 5.41) is 18.4. The zero-order chi connectivity index (χ0) is 11.4. The molecule has 0 aliphatic carbocycles. The molecule has 0 aromatic carbocycles. The van der Waals surface area contributed by atoms with Crippen LogP contribution in [0.5, 0.6) is 0 Å². The Labute approximate surface area is 96.3 Å². The monoisotopic (exact) mass is 237 g/mol. The van der Waals surface area contributed by atoms with Crippen LogP contribution in [0.2, 0.25) is 0 Å². The number of carboxylic acids is 1. The van der Waals surface area contributed by atoms with Gasteiger partial charge in [-0.1, -0.05) is 11.3 Å². The lowest BCUT2D eigenvalue weighted by molar-refractivity contribution is -0.136. The SMILES string of the molecule is O=C(O)CCc1cn(Cc2cccs2)nn1. The van der Waals surface area contributed by atoms with E-state index in [1.54, 1.807) is 22.2 Å². The van der Waals surface area contributed by atoms with Crippen molar-refractivity contribution in [3.05, 3.63) is 34.3 Å². The van der Waals surface area contributed by atoms with Gasteiger partial charge in [0, 0.05) is 17.5 Å². The van der Waals surface area contributed by atoms with Gasteiger partial charge in [0.2, 0.25) is 0 Å². The number of carbonyl (C=O) groups is 1. The van der Waals surface area contributed by atoms with Crippen LogP contribution in [0.4, 0.5) is 0 Å². The van der Waals surface area contributed by atoms with E-state index in [9.17, 15) is 4.79 Å². The van der Waals surface area contributed by atoms with Gasteiger partial charge in [-0.2, -0.15) is 0 Å². The quantitative estimate of drug-likeness (QED) is 0.853. The van der Waals surface area contributed by atoms with E-state index >= 15 is 0 Å². The number of nitrogens with zero attached hydrogens (tertiary/aromatic N) is 3. The van der Waals surface area contributed by atoms with Gasteiger partial charge < -0.3 is 5.11 Å². The lowest BCUT2D eigenvalue weighted by atomic mass is 10.2. The molecule has 0 saturated carbocycles. The number of hydrogen-bond acceptors (Lipinski definition) is 4. The molecule has 0 unspecified atom stereocenters. The molecule has 2 aromatic heterocycles. The van der Waals surface area contributed by atoms with E-state index in [1.165, 1.54) is 4.88 Å². The van der Waals surface area contributed by atoms with Crippen LogP contribution in [0.1, 0.15) is 17.0 Å². The molecule has 84 valence electrons. The third-order valence-electron chi connectivity index (χ3n) is 2.08. The lowest BCUT2D eigenvalue weighted by Gasteiger charge is -1.95. The first-order chi connectivity index (χ1) is 7.74. The van der Waals surface area contributed by atoms with Crippen molar-refractivity contribution >= 4 is 17.3 Å². The summed E-state index contributed by atoms with van der Waals surface area (Å²) in [5.41, 5.74) is 0.721. The highest BCUT2D eigenvalue weighted by molar-refractivity contribution is 7.09. The fourth-order valence-electron chi connectivity index (χ4n) is 1.33. The van der Waals surface area contributed by atoms with Crippen molar-refractivity contribution in [1.82, 2.24) is 15.0 Å². The summed E-state index contributed by atoms with van der Waals surface area (Å²) >= 11 is 1.66. The minimum atomic E-state index is -0.812. The molecule has 0 spiro atoms. The van der Waals surface area contributed by atoms with Gasteiger partial charge in [-0.25, -0.2) is 4.68 Å². The van der Waals surface area contributed by atoms with Crippen molar-refractivity contribution in [2.75, 3.05) is 0 Å². The van der Waals surface area contributed by atoms with E-state index < -0.39 is 5.97 Å². The van der Waals surface area contributed by atoms with Gasteiger partial charge in [-0.15, -0.1) is 16.4 Å². The summed E-state index contributed by atoms with van der Waals surface area (Å²) in [5.74, 6) is -0.812. The van der Waals surface area contributed by atoms with E-state index in [0.717, 1.165) is 5.69 Å². The Bertz CT molecular complexity index is 464. The van der Waals surface area contributed by atoms with Crippen LogP contribution in [-0.4, -0.2) is 26.1 Å². The smallest absolute Gasteiger partial charge is 0.303 e. The third kappa shape index (κ3) is 2.90. The predicted octanol–water partition coefficient (Wildman–Crippen LogP) is 1.41. The molecule has 6 heteroatoms. The van der Waals surface area contributed by atoms with E-state index in [-0.39, 0.29) is 6.42 Å². The van der Waals surface area contributed by atoms with Gasteiger partial charge in [0.25, 0.3) is 0 Å². The Morgan fingerprint density at radius 1 is 1.56 bits per heavy atom. The summed E-state index contributed by atoms with van der Waals surface area (Å²) < 4.78 is 1.73. The zero-order valence-electron chi connectivity index (χ0n) is 8.54. The minimum Gasteiger partial charge on any atom is -0.481 e. The molecule has 0 fully saturated rings. The number of aliphatic carboxylic acids is 1. The average molecular weight is 237 g/mol. The van der Waals surface area contributed by atoms with Gasteiger partial charge in [0.1, 0.15) is 0 Å². The van der Waals surface area contributed by atoms with Crippen molar-refractivity contribution in [2.45, 2.75) is 19.4 Å². The van der Waals surface area contributed by atoms with E-state index in [1.807, 2.05) is 17.5 Å². The van der Waals surface area contributed by atoms with Crippen molar-refractivity contribution in [1.29, 1.82) is 0 Å². The van der Waals surface area contributed by atoms with Crippen LogP contribution in [0.15, 0.2) is 23.7 Å². The molecule has 0 amide bonds. The van der Waals surface area contributed by atoms with Crippen LogP contribution in [0.25, 0.3) is 0 Å². The second kappa shape index (κ2) is 4.89. The third-order valence-corrected chi connectivity index (χ3v) is 2.94. The Balaban J connectivity index is 1.94. The second-order valence-electron chi connectivity index (χ2n) is 3.38. The van der Waals surface area contributed by atoms with Crippen LogP contribution < -0.4 is 0 Å². The van der Waals surface area contributed by atoms with Crippen LogP contribution >= 0.6 is 11.3 Å². The summed E-state index contributed by atoms with van der Waals surface area (Å²) in [6.07, 6.45) is 2.32. The average Bonchev–Trinajstić information content (AvgIpc) is 2.87. The first kappa shape index (κ1) is 10.8. The van der Waals surface area contributed by atoms with Gasteiger partial charge in [0.05, 0.1) is 18.7 Å². The number of hydrogen-bond donors (Lipinski definition) is 1. The fourth-order valence-corrected chi connectivity index (χ4v) is 2.02. The maximum atomic E-state index is 10.4. The molecule has 5 nitrogen and oxygen atoms in total. The molecule has 2 rings (SSSR count). The number of rotatable bonds is 5. The van der Waals surface area contributed by atoms with Gasteiger partial charge >= 0.3 is 5.97 Å². The zero-order valence-corrected chi connectivity index (χ0v) is 9.35. The van der Waals surface area contributed by atoms with Gasteiger partial charge in [-0.05, 0) is 11.4 Å². The molecule has 0 radical (unpaired) electrons. The molecule has 0 saturated heterocycles. The molecule has 2 aromatic rings. The number of aromatic nitrogens is 3. The summed E-state index contributed by atoms with van der Waals surface area (Å²) in [6, 6.07) is 4.02. The number of thiophene rings is 1. The van der Waals surface area contributed by atoms with Crippen LogP contribution in [0, 0.1) is 0 Å². The molecule has 0 bridgehead atoms. The minimum absolute atomic E-state index is 0.0949. The molecule has 1 N–H and O–H groups in total. The normalized spacial score (nSPS) is 10.5. The van der Waals surface area contributed by atoms with E-state index in [2.05, 4.69) is 10.3 Å². The van der Waals surface area contributed by atoms with Crippen LogP contribution in [0.3, 0.4) is 0 Å². The van der Waals surface area contributed by atoms with Crippen LogP contribution in [-0.2, 0) is 17.8 Å². The first-order valence-electron chi connectivity index (χ1n) is 4.87. The Morgan fingerprint density at radius 2 is 2.44 bits per heavy atom. The lowest BCUT2D eigenvalue weighted by Crippen LogP contribution is -1.98. The molecule has 2 heterocycles. The Morgan fingerprint density at radius 3 is 3.12 bits per heavy atom. The van der Waals surface area contributed by atoms with E-state index in [0.29, 0.717) is 13.0 Å². The standard InChI is InChI=1S/C10H11N3O2S/c14-10(15)4-3-8-6-13(12-11-8)7-9-2-1-5-16-9/h1-2,5-6H,3-4,7H2,(H,14,15). The molecule has 0 aliphatic rings. The van der Waals surface area contributed by atoms with E-state index in [4.69, 9.17) is 5.11 Å². The molecule has 0 atom stereocenters.